The predicted molar refractivity (Wildman–Crippen MR) is 52.4 cm³/mol. The van der Waals surface area contributed by atoms with E-state index in [-0.39, 0.29) is 19.0 Å². The Morgan fingerprint density at radius 1 is 1.43 bits per heavy atom. The van der Waals surface area contributed by atoms with Gasteiger partial charge in [-0.3, -0.25) is 9.59 Å². The van der Waals surface area contributed by atoms with Crippen LogP contribution in [0, 0.1) is 0 Å². The predicted octanol–water partition coefficient (Wildman–Crippen LogP) is 0.382. The van der Waals surface area contributed by atoms with E-state index < -0.39 is 11.2 Å². The lowest BCUT2D eigenvalue weighted by atomic mass is 10.4. The molecule has 0 aromatic heterocycles. The second-order valence-electron chi connectivity index (χ2n) is 2.48. The Kier molecular flexibility index (Phi) is 7.23. The molecule has 0 aromatic rings. The van der Waals surface area contributed by atoms with Gasteiger partial charge in [-0.05, 0) is 0 Å². The fourth-order valence-electron chi connectivity index (χ4n) is 0.729. The molecule has 0 heterocycles. The molecule has 0 aliphatic heterocycles. The highest BCUT2D eigenvalue weighted by Crippen LogP contribution is 2.13. The van der Waals surface area contributed by atoms with Crippen LogP contribution in [0.25, 0.3) is 0 Å². The van der Waals surface area contributed by atoms with Crippen molar-refractivity contribution in [1.82, 2.24) is 0 Å². The van der Waals surface area contributed by atoms with Gasteiger partial charge in [-0.1, -0.05) is 0 Å². The molecule has 0 rings (SSSR count). The first-order chi connectivity index (χ1) is 6.61. The Labute approximate surface area is 86.8 Å². The van der Waals surface area contributed by atoms with Crippen LogP contribution in [0.5, 0.6) is 0 Å². The summed E-state index contributed by atoms with van der Waals surface area (Å²) >= 11 is 1.17. The van der Waals surface area contributed by atoms with Crippen molar-refractivity contribution in [3.8, 4) is 0 Å². The zero-order chi connectivity index (χ0) is 11.0. The number of carbonyl (C=O) groups is 2. The molecule has 0 fully saturated rings. The summed E-state index contributed by atoms with van der Waals surface area (Å²) in [7, 11) is 2.74. The van der Waals surface area contributed by atoms with Crippen molar-refractivity contribution in [3.63, 3.8) is 0 Å². The summed E-state index contributed by atoms with van der Waals surface area (Å²) in [5.41, 5.74) is 0. The second-order valence-corrected chi connectivity index (χ2v) is 3.79. The molecule has 14 heavy (non-hydrogen) atoms. The number of carboxylic acid groups (broad SMARTS) is 1. The highest BCUT2D eigenvalue weighted by molar-refractivity contribution is 8.00. The van der Waals surface area contributed by atoms with Crippen molar-refractivity contribution in [2.45, 2.75) is 11.7 Å². The number of esters is 1. The van der Waals surface area contributed by atoms with Crippen LogP contribution in [0.15, 0.2) is 0 Å². The molecule has 0 aromatic carbocycles. The van der Waals surface area contributed by atoms with E-state index in [0.29, 0.717) is 5.75 Å². The molecule has 0 saturated heterocycles. The minimum Gasteiger partial charge on any atom is -0.480 e. The van der Waals surface area contributed by atoms with E-state index in [4.69, 9.17) is 9.84 Å². The maximum absolute atomic E-state index is 10.7. The second kappa shape index (κ2) is 7.64. The van der Waals surface area contributed by atoms with Gasteiger partial charge in [0.05, 0.1) is 20.1 Å². The summed E-state index contributed by atoms with van der Waals surface area (Å²) in [6.45, 7) is 0.140. The Morgan fingerprint density at radius 3 is 2.50 bits per heavy atom. The summed E-state index contributed by atoms with van der Waals surface area (Å²) in [4.78, 5) is 21.3. The summed E-state index contributed by atoms with van der Waals surface area (Å²) < 4.78 is 9.15. The van der Waals surface area contributed by atoms with Crippen molar-refractivity contribution < 1.29 is 24.2 Å². The fourth-order valence-corrected chi connectivity index (χ4v) is 1.67. The number of ether oxygens (including phenoxy) is 2. The van der Waals surface area contributed by atoms with Crippen LogP contribution in [0.1, 0.15) is 6.42 Å². The number of thioether (sulfide) groups is 1. The van der Waals surface area contributed by atoms with Gasteiger partial charge >= 0.3 is 11.9 Å². The first kappa shape index (κ1) is 13.2. The first-order valence-electron chi connectivity index (χ1n) is 4.02. The third-order valence-electron chi connectivity index (χ3n) is 1.45. The molecule has 0 aliphatic rings. The lowest BCUT2D eigenvalue weighted by molar-refractivity contribution is -0.140. The van der Waals surface area contributed by atoms with Gasteiger partial charge in [0.25, 0.3) is 0 Å². The van der Waals surface area contributed by atoms with Crippen LogP contribution in [0.2, 0.25) is 0 Å². The van der Waals surface area contributed by atoms with Gasteiger partial charge in [0.1, 0.15) is 5.25 Å². The molecule has 0 saturated carbocycles. The van der Waals surface area contributed by atoms with Crippen LogP contribution >= 0.6 is 11.8 Å². The molecule has 0 spiro atoms. The Balaban J connectivity index is 3.71. The Hall–Kier alpha value is -0.750. The average molecular weight is 222 g/mol. The lowest BCUT2D eigenvalue weighted by Crippen LogP contribution is -2.22. The van der Waals surface area contributed by atoms with Crippen molar-refractivity contribution in [2.75, 3.05) is 26.6 Å². The van der Waals surface area contributed by atoms with E-state index in [1.807, 2.05) is 0 Å². The fraction of sp³-hybridized carbons (Fsp3) is 0.750. The molecule has 82 valence electrons. The van der Waals surface area contributed by atoms with Crippen LogP contribution in [-0.4, -0.2) is 48.9 Å². The smallest absolute Gasteiger partial charge is 0.319 e. The minimum absolute atomic E-state index is 0.140. The summed E-state index contributed by atoms with van der Waals surface area (Å²) in [6.07, 6.45) is 0.217. The quantitative estimate of drug-likeness (QED) is 0.628. The van der Waals surface area contributed by atoms with Crippen molar-refractivity contribution in [1.29, 1.82) is 0 Å². The minimum atomic E-state index is -0.929. The molecule has 0 bridgehead atoms. The normalized spacial score (nSPS) is 12.1. The molecule has 1 atom stereocenters. The van der Waals surface area contributed by atoms with Crippen molar-refractivity contribution >= 4 is 23.7 Å². The molecule has 1 N–H and O–H groups in total. The zero-order valence-corrected chi connectivity index (χ0v) is 9.00. The van der Waals surface area contributed by atoms with E-state index in [1.165, 1.54) is 26.0 Å². The van der Waals surface area contributed by atoms with Crippen LogP contribution in [0.3, 0.4) is 0 Å². The summed E-state index contributed by atoms with van der Waals surface area (Å²) in [5, 5.41) is 8.09. The topological polar surface area (TPSA) is 72.8 Å². The molecule has 0 amide bonds. The SMILES string of the molecule is COCC(SCCC(=O)OC)C(=O)O. The molecular weight excluding hydrogens is 208 g/mol. The third kappa shape index (κ3) is 5.82. The largest absolute Gasteiger partial charge is 0.480 e. The standard InChI is InChI=1S/C8H14O5S/c1-12-5-6(8(10)11)14-4-3-7(9)13-2/h6H,3-5H2,1-2H3,(H,10,11). The number of hydrogen-bond acceptors (Lipinski definition) is 5. The van der Waals surface area contributed by atoms with Crippen LogP contribution < -0.4 is 0 Å². The van der Waals surface area contributed by atoms with Gasteiger partial charge < -0.3 is 14.6 Å². The molecule has 1 unspecified atom stereocenters. The van der Waals surface area contributed by atoms with E-state index in [0.717, 1.165) is 0 Å². The van der Waals surface area contributed by atoms with E-state index in [2.05, 4.69) is 4.74 Å². The third-order valence-corrected chi connectivity index (χ3v) is 2.63. The summed E-state index contributed by atoms with van der Waals surface area (Å²) in [5.74, 6) is -0.840. The number of carboxylic acids is 1. The highest BCUT2D eigenvalue weighted by atomic mass is 32.2. The molecular formula is C8H14O5S. The van der Waals surface area contributed by atoms with E-state index in [9.17, 15) is 9.59 Å². The number of methoxy groups -OCH3 is 2. The summed E-state index contributed by atoms with van der Waals surface area (Å²) in [6, 6.07) is 0. The highest BCUT2D eigenvalue weighted by Gasteiger charge is 2.17. The van der Waals surface area contributed by atoms with Gasteiger partial charge in [0, 0.05) is 12.9 Å². The van der Waals surface area contributed by atoms with Crippen molar-refractivity contribution in [2.24, 2.45) is 0 Å². The Bertz CT molecular complexity index is 194. The number of rotatable bonds is 7. The van der Waals surface area contributed by atoms with Gasteiger partial charge in [-0.25, -0.2) is 0 Å². The average Bonchev–Trinajstić information content (AvgIpc) is 2.16. The van der Waals surface area contributed by atoms with E-state index in [1.54, 1.807) is 0 Å². The van der Waals surface area contributed by atoms with Gasteiger partial charge in [-0.2, -0.15) is 0 Å². The number of hydrogen-bond donors (Lipinski definition) is 1. The van der Waals surface area contributed by atoms with Crippen LogP contribution in [0.4, 0.5) is 0 Å². The van der Waals surface area contributed by atoms with Crippen LogP contribution in [-0.2, 0) is 19.1 Å². The molecule has 0 radical (unpaired) electrons. The Morgan fingerprint density at radius 2 is 2.07 bits per heavy atom. The van der Waals surface area contributed by atoms with Gasteiger partial charge in [0.15, 0.2) is 0 Å². The monoisotopic (exact) mass is 222 g/mol. The van der Waals surface area contributed by atoms with E-state index >= 15 is 0 Å². The molecule has 5 nitrogen and oxygen atoms in total. The van der Waals surface area contributed by atoms with Gasteiger partial charge in [0.2, 0.25) is 0 Å². The lowest BCUT2D eigenvalue weighted by Gasteiger charge is -2.09. The zero-order valence-electron chi connectivity index (χ0n) is 8.19. The maximum atomic E-state index is 10.7. The maximum Gasteiger partial charge on any atom is 0.319 e. The van der Waals surface area contributed by atoms with Crippen molar-refractivity contribution in [3.05, 3.63) is 0 Å². The molecule has 6 heteroatoms. The first-order valence-corrected chi connectivity index (χ1v) is 5.06. The molecule has 0 aliphatic carbocycles. The van der Waals surface area contributed by atoms with Gasteiger partial charge in [-0.15, -0.1) is 11.8 Å². The number of carbonyl (C=O) groups excluding carboxylic acids is 1. The number of aliphatic carboxylic acids is 1.